The molecule has 0 heterocycles. The predicted octanol–water partition coefficient (Wildman–Crippen LogP) is 4.02. The number of nitrogens with one attached hydrogen (secondary N) is 1. The second kappa shape index (κ2) is 6.96. The third kappa shape index (κ3) is 3.52. The standard InChI is InChI=1S/C16H17ClN2O/c1-2-19(14-6-4-3-5-7-14)15-10-8-13(9-11-15)18-16(20)12-17/h3-11H,2,12H2,1H3,(H,18,20). The van der Waals surface area contributed by atoms with Crippen LogP contribution in [0, 0.1) is 0 Å². The van der Waals surface area contributed by atoms with Crippen LogP contribution in [0.3, 0.4) is 0 Å². The number of rotatable bonds is 5. The van der Waals surface area contributed by atoms with Crippen LogP contribution in [0.25, 0.3) is 0 Å². The molecule has 104 valence electrons. The average Bonchev–Trinajstić information content (AvgIpc) is 2.50. The Balaban J connectivity index is 2.18. The quantitative estimate of drug-likeness (QED) is 0.843. The lowest BCUT2D eigenvalue weighted by Gasteiger charge is -2.23. The molecule has 0 unspecified atom stereocenters. The van der Waals surface area contributed by atoms with Crippen molar-refractivity contribution in [2.75, 3.05) is 22.6 Å². The van der Waals surface area contributed by atoms with Gasteiger partial charge in [-0.1, -0.05) is 18.2 Å². The number of halogens is 1. The molecule has 2 aromatic rings. The molecule has 0 aliphatic rings. The third-order valence-corrected chi connectivity index (χ3v) is 3.21. The summed E-state index contributed by atoms with van der Waals surface area (Å²) in [7, 11) is 0. The summed E-state index contributed by atoms with van der Waals surface area (Å²) in [5.74, 6) is -0.234. The fourth-order valence-corrected chi connectivity index (χ4v) is 2.11. The van der Waals surface area contributed by atoms with E-state index in [2.05, 4.69) is 29.3 Å². The molecule has 0 radical (unpaired) electrons. The van der Waals surface area contributed by atoms with E-state index in [4.69, 9.17) is 11.6 Å². The van der Waals surface area contributed by atoms with Gasteiger partial charge in [0.25, 0.3) is 0 Å². The molecule has 20 heavy (non-hydrogen) atoms. The normalized spacial score (nSPS) is 10.1. The van der Waals surface area contributed by atoms with Crippen molar-refractivity contribution in [3.05, 3.63) is 54.6 Å². The predicted molar refractivity (Wildman–Crippen MR) is 84.9 cm³/mol. The van der Waals surface area contributed by atoms with Crippen LogP contribution in [-0.2, 0) is 4.79 Å². The maximum atomic E-state index is 11.2. The van der Waals surface area contributed by atoms with Crippen LogP contribution in [0.1, 0.15) is 6.92 Å². The number of carbonyl (C=O) groups excluding carboxylic acids is 1. The summed E-state index contributed by atoms with van der Waals surface area (Å²) in [5, 5.41) is 2.73. The molecule has 0 saturated carbocycles. The highest BCUT2D eigenvalue weighted by molar-refractivity contribution is 6.29. The van der Waals surface area contributed by atoms with Crippen LogP contribution in [0.15, 0.2) is 54.6 Å². The first-order valence-electron chi connectivity index (χ1n) is 6.53. The highest BCUT2D eigenvalue weighted by atomic mass is 35.5. The molecule has 0 aliphatic carbocycles. The highest BCUT2D eigenvalue weighted by Crippen LogP contribution is 2.25. The second-order valence-corrected chi connectivity index (χ2v) is 4.58. The lowest BCUT2D eigenvalue weighted by Crippen LogP contribution is -2.16. The Bertz CT molecular complexity index is 554. The van der Waals surface area contributed by atoms with Crippen LogP contribution in [0.2, 0.25) is 0 Å². The maximum Gasteiger partial charge on any atom is 0.239 e. The molecule has 0 spiro atoms. The van der Waals surface area contributed by atoms with Crippen LogP contribution in [0.4, 0.5) is 17.1 Å². The molecule has 4 heteroatoms. The Morgan fingerprint density at radius 2 is 1.65 bits per heavy atom. The van der Waals surface area contributed by atoms with E-state index in [1.807, 2.05) is 42.5 Å². The van der Waals surface area contributed by atoms with E-state index in [0.717, 1.165) is 23.6 Å². The SMILES string of the molecule is CCN(c1ccccc1)c1ccc(NC(=O)CCl)cc1. The first-order valence-corrected chi connectivity index (χ1v) is 7.06. The maximum absolute atomic E-state index is 11.2. The van der Waals surface area contributed by atoms with E-state index >= 15 is 0 Å². The van der Waals surface area contributed by atoms with Crippen molar-refractivity contribution < 1.29 is 4.79 Å². The number of para-hydroxylation sites is 1. The summed E-state index contributed by atoms with van der Waals surface area (Å²) < 4.78 is 0. The number of nitrogens with zero attached hydrogens (tertiary/aromatic N) is 1. The first kappa shape index (κ1) is 14.4. The summed E-state index contributed by atoms with van der Waals surface area (Å²) in [6.45, 7) is 2.98. The molecule has 0 atom stereocenters. The number of benzene rings is 2. The Kier molecular flexibility index (Phi) is 5.02. The number of carbonyl (C=O) groups is 1. The minimum absolute atomic E-state index is 0.0349. The molecule has 0 fully saturated rings. The lowest BCUT2D eigenvalue weighted by molar-refractivity contribution is -0.113. The van der Waals surface area contributed by atoms with E-state index in [-0.39, 0.29) is 11.8 Å². The molecule has 1 amide bonds. The summed E-state index contributed by atoms with van der Waals surface area (Å²) in [6, 6.07) is 17.9. The van der Waals surface area contributed by atoms with Gasteiger partial charge in [0.05, 0.1) is 0 Å². The fraction of sp³-hybridized carbons (Fsp3) is 0.188. The Morgan fingerprint density at radius 3 is 2.20 bits per heavy atom. The smallest absolute Gasteiger partial charge is 0.239 e. The van der Waals surface area contributed by atoms with Gasteiger partial charge in [-0.15, -0.1) is 11.6 Å². The Labute approximate surface area is 124 Å². The van der Waals surface area contributed by atoms with Crippen molar-refractivity contribution in [2.45, 2.75) is 6.92 Å². The summed E-state index contributed by atoms with van der Waals surface area (Å²) in [6.07, 6.45) is 0. The van der Waals surface area contributed by atoms with Crippen molar-refractivity contribution in [3.63, 3.8) is 0 Å². The second-order valence-electron chi connectivity index (χ2n) is 4.31. The lowest BCUT2D eigenvalue weighted by atomic mass is 10.2. The number of amides is 1. The van der Waals surface area contributed by atoms with Gasteiger partial charge >= 0.3 is 0 Å². The van der Waals surface area contributed by atoms with Crippen molar-refractivity contribution in [2.24, 2.45) is 0 Å². The van der Waals surface area contributed by atoms with Crippen LogP contribution >= 0.6 is 11.6 Å². The zero-order valence-electron chi connectivity index (χ0n) is 11.3. The average molecular weight is 289 g/mol. The minimum Gasteiger partial charge on any atom is -0.342 e. The van der Waals surface area contributed by atoms with Crippen LogP contribution in [-0.4, -0.2) is 18.3 Å². The van der Waals surface area contributed by atoms with Gasteiger partial charge in [0, 0.05) is 23.6 Å². The molecule has 0 aromatic heterocycles. The van der Waals surface area contributed by atoms with Gasteiger partial charge in [-0.05, 0) is 43.3 Å². The van der Waals surface area contributed by atoms with E-state index in [1.54, 1.807) is 0 Å². The molecule has 0 aliphatic heterocycles. The summed E-state index contributed by atoms with van der Waals surface area (Å²) in [4.78, 5) is 13.4. The van der Waals surface area contributed by atoms with Crippen molar-refractivity contribution in [3.8, 4) is 0 Å². The molecular weight excluding hydrogens is 272 g/mol. The molecular formula is C16H17ClN2O. The number of anilines is 3. The number of hydrogen-bond donors (Lipinski definition) is 1. The van der Waals surface area contributed by atoms with E-state index in [0.29, 0.717) is 0 Å². The van der Waals surface area contributed by atoms with Gasteiger partial charge in [0.1, 0.15) is 5.88 Å². The van der Waals surface area contributed by atoms with Gasteiger partial charge < -0.3 is 10.2 Å². The largest absolute Gasteiger partial charge is 0.342 e. The molecule has 1 N–H and O–H groups in total. The molecule has 0 saturated heterocycles. The minimum atomic E-state index is -0.199. The van der Waals surface area contributed by atoms with Crippen molar-refractivity contribution >= 4 is 34.6 Å². The van der Waals surface area contributed by atoms with Gasteiger partial charge in [0.15, 0.2) is 0 Å². The Hall–Kier alpha value is -2.00. The topological polar surface area (TPSA) is 32.3 Å². The molecule has 2 rings (SSSR count). The van der Waals surface area contributed by atoms with E-state index in [1.165, 1.54) is 0 Å². The number of alkyl halides is 1. The van der Waals surface area contributed by atoms with Gasteiger partial charge in [-0.2, -0.15) is 0 Å². The molecule has 0 bridgehead atoms. The van der Waals surface area contributed by atoms with Gasteiger partial charge in [-0.25, -0.2) is 0 Å². The van der Waals surface area contributed by atoms with Gasteiger partial charge in [-0.3, -0.25) is 4.79 Å². The van der Waals surface area contributed by atoms with E-state index < -0.39 is 0 Å². The molecule has 2 aromatic carbocycles. The van der Waals surface area contributed by atoms with E-state index in [9.17, 15) is 4.79 Å². The van der Waals surface area contributed by atoms with Crippen molar-refractivity contribution in [1.82, 2.24) is 0 Å². The van der Waals surface area contributed by atoms with Crippen molar-refractivity contribution in [1.29, 1.82) is 0 Å². The monoisotopic (exact) mass is 288 g/mol. The van der Waals surface area contributed by atoms with Crippen LogP contribution in [0.5, 0.6) is 0 Å². The molecule has 3 nitrogen and oxygen atoms in total. The fourth-order valence-electron chi connectivity index (χ4n) is 2.04. The summed E-state index contributed by atoms with van der Waals surface area (Å²) in [5.41, 5.74) is 2.98. The van der Waals surface area contributed by atoms with Crippen LogP contribution < -0.4 is 10.2 Å². The number of hydrogen-bond acceptors (Lipinski definition) is 2. The zero-order chi connectivity index (χ0) is 14.4. The highest BCUT2D eigenvalue weighted by Gasteiger charge is 2.07. The Morgan fingerprint density at radius 1 is 1.05 bits per heavy atom. The summed E-state index contributed by atoms with van der Waals surface area (Å²) >= 11 is 5.47. The third-order valence-electron chi connectivity index (χ3n) is 2.97. The first-order chi connectivity index (χ1) is 9.74. The van der Waals surface area contributed by atoms with Gasteiger partial charge in [0.2, 0.25) is 5.91 Å². The zero-order valence-corrected chi connectivity index (χ0v) is 12.1.